The fourth-order valence-corrected chi connectivity index (χ4v) is 2.75. The number of anilines is 2. The van der Waals surface area contributed by atoms with Gasteiger partial charge >= 0.3 is 0 Å². The number of aromatic amines is 1. The first-order chi connectivity index (χ1) is 10.6. The summed E-state index contributed by atoms with van der Waals surface area (Å²) < 4.78 is 0. The molecule has 5 nitrogen and oxygen atoms in total. The number of H-pyrrole nitrogens is 1. The van der Waals surface area contributed by atoms with Crippen LogP contribution in [0.25, 0.3) is 0 Å². The molecule has 1 amide bonds. The predicted molar refractivity (Wildman–Crippen MR) is 87.6 cm³/mol. The van der Waals surface area contributed by atoms with Crippen molar-refractivity contribution in [2.75, 3.05) is 23.3 Å². The van der Waals surface area contributed by atoms with E-state index in [9.17, 15) is 9.59 Å². The number of hydrogen-bond donors (Lipinski definition) is 2. The van der Waals surface area contributed by atoms with Crippen molar-refractivity contribution in [3.05, 3.63) is 58.0 Å². The van der Waals surface area contributed by atoms with Gasteiger partial charge in [0.2, 0.25) is 5.56 Å². The highest BCUT2D eigenvalue weighted by Gasteiger charge is 2.12. The molecular weight excluding hydrogens is 278 g/mol. The number of aromatic nitrogens is 1. The molecule has 1 aromatic heterocycles. The Morgan fingerprint density at radius 3 is 2.45 bits per heavy atom. The van der Waals surface area contributed by atoms with Crippen molar-refractivity contribution in [3.8, 4) is 0 Å². The third kappa shape index (κ3) is 3.19. The van der Waals surface area contributed by atoms with E-state index in [1.54, 1.807) is 13.0 Å². The predicted octanol–water partition coefficient (Wildman–Crippen LogP) is 2.54. The van der Waals surface area contributed by atoms with E-state index in [1.165, 1.54) is 24.6 Å². The first-order valence-corrected chi connectivity index (χ1v) is 7.49. The lowest BCUT2D eigenvalue weighted by Gasteiger charge is -2.17. The van der Waals surface area contributed by atoms with Crippen LogP contribution in [0.1, 0.15) is 28.9 Å². The molecule has 0 aliphatic carbocycles. The third-order valence-corrected chi connectivity index (χ3v) is 3.84. The summed E-state index contributed by atoms with van der Waals surface area (Å²) in [7, 11) is 0. The second-order valence-corrected chi connectivity index (χ2v) is 5.61. The third-order valence-electron chi connectivity index (χ3n) is 3.84. The highest BCUT2D eigenvalue weighted by atomic mass is 16.2. The van der Waals surface area contributed by atoms with Crippen LogP contribution < -0.4 is 15.8 Å². The molecule has 22 heavy (non-hydrogen) atoms. The van der Waals surface area contributed by atoms with Crippen LogP contribution in [-0.2, 0) is 0 Å². The van der Waals surface area contributed by atoms with Gasteiger partial charge in [-0.2, -0.15) is 0 Å². The number of hydrogen-bond acceptors (Lipinski definition) is 3. The van der Waals surface area contributed by atoms with Gasteiger partial charge in [-0.1, -0.05) is 0 Å². The summed E-state index contributed by atoms with van der Waals surface area (Å²) in [5, 5.41) is 2.82. The lowest BCUT2D eigenvalue weighted by molar-refractivity contribution is 0.102. The Labute approximate surface area is 129 Å². The van der Waals surface area contributed by atoms with Crippen LogP contribution in [0, 0.1) is 6.92 Å². The second-order valence-electron chi connectivity index (χ2n) is 5.61. The summed E-state index contributed by atoms with van der Waals surface area (Å²) in [6.45, 7) is 3.94. The van der Waals surface area contributed by atoms with Gasteiger partial charge in [-0.25, -0.2) is 0 Å². The highest BCUT2D eigenvalue weighted by Crippen LogP contribution is 2.22. The maximum absolute atomic E-state index is 12.2. The molecule has 2 aromatic rings. The van der Waals surface area contributed by atoms with Crippen molar-refractivity contribution in [3.63, 3.8) is 0 Å². The first kappa shape index (κ1) is 14.4. The summed E-state index contributed by atoms with van der Waals surface area (Å²) in [6.07, 6.45) is 2.47. The average molecular weight is 297 g/mol. The van der Waals surface area contributed by atoms with Crippen LogP contribution in [0.4, 0.5) is 11.4 Å². The topological polar surface area (TPSA) is 65.2 Å². The summed E-state index contributed by atoms with van der Waals surface area (Å²) in [4.78, 5) is 28.6. The number of carbonyl (C=O) groups excluding carboxylic acids is 1. The molecule has 0 atom stereocenters. The van der Waals surface area contributed by atoms with Crippen molar-refractivity contribution in [1.29, 1.82) is 0 Å². The molecule has 0 bridgehead atoms. The number of benzene rings is 1. The molecule has 2 heterocycles. The van der Waals surface area contributed by atoms with Gasteiger partial charge in [-0.3, -0.25) is 9.59 Å². The Balaban J connectivity index is 1.72. The molecule has 5 heteroatoms. The van der Waals surface area contributed by atoms with Gasteiger partial charge in [0.15, 0.2) is 0 Å². The quantitative estimate of drug-likeness (QED) is 0.915. The zero-order valence-electron chi connectivity index (χ0n) is 12.6. The van der Waals surface area contributed by atoms with Crippen molar-refractivity contribution in [1.82, 2.24) is 4.98 Å². The van der Waals surface area contributed by atoms with Gasteiger partial charge in [0.25, 0.3) is 5.91 Å². The van der Waals surface area contributed by atoms with Crippen molar-refractivity contribution < 1.29 is 4.79 Å². The Kier molecular flexibility index (Phi) is 3.96. The summed E-state index contributed by atoms with van der Waals surface area (Å²) in [5.41, 5.74) is 2.68. The van der Waals surface area contributed by atoms with Crippen LogP contribution in [-0.4, -0.2) is 24.0 Å². The molecule has 0 radical (unpaired) electrons. The van der Waals surface area contributed by atoms with Crippen LogP contribution in [0.2, 0.25) is 0 Å². The standard InChI is InChI=1S/C17H19N3O2/c1-12-10-13(11-16(21)18-12)17(22)19-14-4-6-15(7-5-14)20-8-2-3-9-20/h4-7,10-11H,2-3,8-9H2,1H3,(H,18,21)(H,19,22). The monoisotopic (exact) mass is 297 g/mol. The molecule has 1 aromatic carbocycles. The smallest absolute Gasteiger partial charge is 0.255 e. The van der Waals surface area contributed by atoms with E-state index < -0.39 is 0 Å². The molecule has 0 unspecified atom stereocenters. The molecular formula is C17H19N3O2. The van der Waals surface area contributed by atoms with E-state index in [4.69, 9.17) is 0 Å². The second kappa shape index (κ2) is 6.05. The Morgan fingerprint density at radius 1 is 1.14 bits per heavy atom. The molecule has 3 rings (SSSR count). The Morgan fingerprint density at radius 2 is 1.82 bits per heavy atom. The van der Waals surface area contributed by atoms with Crippen molar-refractivity contribution in [2.45, 2.75) is 19.8 Å². The number of amides is 1. The van der Waals surface area contributed by atoms with Gasteiger partial charge < -0.3 is 15.2 Å². The summed E-state index contributed by atoms with van der Waals surface area (Å²) in [5.74, 6) is -0.275. The molecule has 2 N–H and O–H groups in total. The number of nitrogens with zero attached hydrogens (tertiary/aromatic N) is 1. The normalized spacial score (nSPS) is 14.1. The first-order valence-electron chi connectivity index (χ1n) is 7.49. The minimum atomic E-state index is -0.275. The Hall–Kier alpha value is -2.56. The zero-order valence-corrected chi connectivity index (χ0v) is 12.6. The van der Waals surface area contributed by atoms with Crippen LogP contribution in [0.5, 0.6) is 0 Å². The van der Waals surface area contributed by atoms with E-state index in [0.29, 0.717) is 11.3 Å². The van der Waals surface area contributed by atoms with Gasteiger partial charge in [-0.05, 0) is 50.1 Å². The Bertz CT molecular complexity index is 728. The highest BCUT2D eigenvalue weighted by molar-refractivity contribution is 6.04. The molecule has 0 saturated carbocycles. The van der Waals surface area contributed by atoms with Crippen molar-refractivity contribution >= 4 is 17.3 Å². The average Bonchev–Trinajstić information content (AvgIpc) is 3.01. The lowest BCUT2D eigenvalue weighted by atomic mass is 10.2. The lowest BCUT2D eigenvalue weighted by Crippen LogP contribution is -2.18. The minimum Gasteiger partial charge on any atom is -0.372 e. The molecule has 114 valence electrons. The van der Waals surface area contributed by atoms with E-state index in [0.717, 1.165) is 18.8 Å². The number of nitrogens with one attached hydrogen (secondary N) is 2. The van der Waals surface area contributed by atoms with Gasteiger partial charge in [0, 0.05) is 41.8 Å². The fraction of sp³-hybridized carbons (Fsp3) is 0.294. The molecule has 1 aliphatic heterocycles. The van der Waals surface area contributed by atoms with Gasteiger partial charge in [0.05, 0.1) is 0 Å². The van der Waals surface area contributed by atoms with Gasteiger partial charge in [-0.15, -0.1) is 0 Å². The number of pyridine rings is 1. The van der Waals surface area contributed by atoms with Crippen molar-refractivity contribution in [2.24, 2.45) is 0 Å². The maximum atomic E-state index is 12.2. The zero-order chi connectivity index (χ0) is 15.5. The summed E-state index contributed by atoms with van der Waals surface area (Å²) >= 11 is 0. The van der Waals surface area contributed by atoms with Crippen LogP contribution >= 0.6 is 0 Å². The van der Waals surface area contributed by atoms with E-state index >= 15 is 0 Å². The van der Waals surface area contributed by atoms with E-state index in [2.05, 4.69) is 15.2 Å². The van der Waals surface area contributed by atoms with Gasteiger partial charge in [0.1, 0.15) is 0 Å². The molecule has 0 spiro atoms. The SMILES string of the molecule is Cc1cc(C(=O)Nc2ccc(N3CCCC3)cc2)cc(=O)[nH]1. The van der Waals surface area contributed by atoms with Crippen LogP contribution in [0.3, 0.4) is 0 Å². The minimum absolute atomic E-state index is 0.269. The number of rotatable bonds is 3. The van der Waals surface area contributed by atoms with Crippen LogP contribution in [0.15, 0.2) is 41.2 Å². The molecule has 1 fully saturated rings. The largest absolute Gasteiger partial charge is 0.372 e. The summed E-state index contributed by atoms with van der Waals surface area (Å²) in [6, 6.07) is 10.8. The fourth-order valence-electron chi connectivity index (χ4n) is 2.75. The maximum Gasteiger partial charge on any atom is 0.255 e. The number of aryl methyl sites for hydroxylation is 1. The number of carbonyl (C=O) groups is 1. The van der Waals surface area contributed by atoms with E-state index in [1.807, 2.05) is 24.3 Å². The molecule has 1 saturated heterocycles. The van der Waals surface area contributed by atoms with E-state index in [-0.39, 0.29) is 11.5 Å². The molecule has 1 aliphatic rings.